The van der Waals surface area contributed by atoms with E-state index in [0.717, 1.165) is 12.1 Å². The van der Waals surface area contributed by atoms with Gasteiger partial charge in [-0.2, -0.15) is 13.2 Å². The molecule has 1 atom stereocenters. The molecule has 30 heavy (non-hydrogen) atoms. The van der Waals surface area contributed by atoms with Gasteiger partial charge in [-0.1, -0.05) is 0 Å². The normalized spacial score (nSPS) is 18.0. The highest BCUT2D eigenvalue weighted by Gasteiger charge is 2.39. The fraction of sp³-hybridized carbons (Fsp3) is 0.550. The number of alkyl halides is 3. The molecule has 1 aliphatic rings. The summed E-state index contributed by atoms with van der Waals surface area (Å²) in [6, 6.07) is 4.95. The molecule has 0 saturated carbocycles. The Kier molecular flexibility index (Phi) is 7.57. The van der Waals surface area contributed by atoms with Crippen LogP contribution in [0, 0.1) is 11.7 Å². The number of nitrogens with one attached hydrogen (secondary N) is 2. The molecule has 1 aliphatic heterocycles. The molecule has 10 heteroatoms. The predicted molar refractivity (Wildman–Crippen MR) is 101 cm³/mol. The van der Waals surface area contributed by atoms with E-state index in [1.54, 1.807) is 18.7 Å². The minimum Gasteiger partial charge on any atom is -0.347 e. The summed E-state index contributed by atoms with van der Waals surface area (Å²) in [5, 5.41) is 4.44. The maximum absolute atomic E-state index is 13.0. The summed E-state index contributed by atoms with van der Waals surface area (Å²) in [5.41, 5.74) is -0.819. The van der Waals surface area contributed by atoms with Gasteiger partial charge in [0, 0.05) is 12.1 Å². The number of ketones is 1. The third-order valence-corrected chi connectivity index (χ3v) is 5.18. The fourth-order valence-electron chi connectivity index (χ4n) is 3.29. The van der Waals surface area contributed by atoms with Gasteiger partial charge in [0.15, 0.2) is 5.78 Å². The van der Waals surface area contributed by atoms with Gasteiger partial charge in [0.2, 0.25) is 11.8 Å². The molecule has 2 N–H and O–H groups in total. The Morgan fingerprint density at radius 3 is 2.33 bits per heavy atom. The van der Waals surface area contributed by atoms with Crippen LogP contribution in [-0.2, 0) is 9.59 Å². The standard InChI is InChI=1S/C20H25F4N3O3/c1-19(2,18(30)25-10-16(28)13-5-7-15(21)8-6-13)27-9-3-4-14(11-27)17(29)26-12-20(22,23)24/h5-8,14H,3-4,9-12H2,1-2H3,(H,25,30)(H,26,29)/t14-/m0/s1. The van der Waals surface area contributed by atoms with Crippen molar-refractivity contribution in [2.75, 3.05) is 26.2 Å². The number of halogens is 4. The van der Waals surface area contributed by atoms with E-state index in [-0.39, 0.29) is 24.4 Å². The van der Waals surface area contributed by atoms with E-state index < -0.39 is 41.8 Å². The number of amides is 2. The quantitative estimate of drug-likeness (QED) is 0.513. The molecule has 1 aromatic rings. The molecule has 1 fully saturated rings. The summed E-state index contributed by atoms with van der Waals surface area (Å²) in [6.07, 6.45) is -3.50. The van der Waals surface area contributed by atoms with Crippen LogP contribution in [-0.4, -0.2) is 60.4 Å². The first kappa shape index (κ1) is 23.8. The van der Waals surface area contributed by atoms with Crippen molar-refractivity contribution in [3.8, 4) is 0 Å². The zero-order valence-corrected chi connectivity index (χ0v) is 16.8. The van der Waals surface area contributed by atoms with E-state index in [1.807, 2.05) is 5.32 Å². The van der Waals surface area contributed by atoms with Crippen molar-refractivity contribution in [3.05, 3.63) is 35.6 Å². The third-order valence-electron chi connectivity index (χ3n) is 5.18. The van der Waals surface area contributed by atoms with Crippen LogP contribution in [0.5, 0.6) is 0 Å². The Morgan fingerprint density at radius 2 is 1.73 bits per heavy atom. The number of nitrogens with zero attached hydrogens (tertiary/aromatic N) is 1. The molecular formula is C20H25F4N3O3. The molecule has 1 heterocycles. The van der Waals surface area contributed by atoms with Crippen LogP contribution < -0.4 is 10.6 Å². The summed E-state index contributed by atoms with van der Waals surface area (Å²) < 4.78 is 49.9. The summed E-state index contributed by atoms with van der Waals surface area (Å²) >= 11 is 0. The molecule has 0 unspecified atom stereocenters. The smallest absolute Gasteiger partial charge is 0.347 e. The van der Waals surface area contributed by atoms with E-state index in [2.05, 4.69) is 5.32 Å². The highest BCUT2D eigenvalue weighted by Crippen LogP contribution is 2.25. The van der Waals surface area contributed by atoms with Crippen molar-refractivity contribution >= 4 is 17.6 Å². The molecule has 0 radical (unpaired) electrons. The minimum absolute atomic E-state index is 0.135. The molecule has 2 rings (SSSR count). The number of hydrogen-bond donors (Lipinski definition) is 2. The highest BCUT2D eigenvalue weighted by molar-refractivity contribution is 6.00. The summed E-state index contributed by atoms with van der Waals surface area (Å²) in [6.45, 7) is 2.21. The van der Waals surface area contributed by atoms with Crippen molar-refractivity contribution in [2.24, 2.45) is 5.92 Å². The number of carbonyl (C=O) groups excluding carboxylic acids is 3. The molecule has 1 aromatic carbocycles. The second-order valence-corrected chi connectivity index (χ2v) is 7.79. The van der Waals surface area contributed by atoms with Gasteiger partial charge in [-0.3, -0.25) is 19.3 Å². The molecule has 166 valence electrons. The molecule has 6 nitrogen and oxygen atoms in total. The number of carbonyl (C=O) groups is 3. The van der Waals surface area contributed by atoms with Crippen molar-refractivity contribution in [2.45, 2.75) is 38.4 Å². The minimum atomic E-state index is -4.49. The summed E-state index contributed by atoms with van der Waals surface area (Å²) in [7, 11) is 0. The van der Waals surface area contributed by atoms with E-state index in [1.165, 1.54) is 12.1 Å². The third kappa shape index (κ3) is 6.51. The van der Waals surface area contributed by atoms with Gasteiger partial charge in [-0.05, 0) is 57.5 Å². The molecule has 0 spiro atoms. The Bertz CT molecular complexity index is 778. The summed E-state index contributed by atoms with van der Waals surface area (Å²) in [4.78, 5) is 38.6. The zero-order valence-electron chi connectivity index (χ0n) is 16.8. The lowest BCUT2D eigenvalue weighted by molar-refractivity contribution is -0.143. The Balaban J connectivity index is 1.92. The van der Waals surface area contributed by atoms with E-state index in [9.17, 15) is 31.9 Å². The van der Waals surface area contributed by atoms with Gasteiger partial charge in [-0.15, -0.1) is 0 Å². The van der Waals surface area contributed by atoms with Crippen LogP contribution in [0.3, 0.4) is 0 Å². The molecule has 0 bridgehead atoms. The first-order valence-corrected chi connectivity index (χ1v) is 9.57. The highest BCUT2D eigenvalue weighted by atomic mass is 19.4. The van der Waals surface area contributed by atoms with Crippen molar-refractivity contribution in [1.29, 1.82) is 0 Å². The average molecular weight is 431 g/mol. The number of rotatable bonds is 7. The largest absolute Gasteiger partial charge is 0.405 e. The van der Waals surface area contributed by atoms with E-state index >= 15 is 0 Å². The topological polar surface area (TPSA) is 78.5 Å². The van der Waals surface area contributed by atoms with E-state index in [4.69, 9.17) is 0 Å². The Hall–Kier alpha value is -2.49. The van der Waals surface area contributed by atoms with Crippen molar-refractivity contribution < 1.29 is 31.9 Å². The van der Waals surface area contributed by atoms with Crippen LogP contribution in [0.15, 0.2) is 24.3 Å². The first-order valence-electron chi connectivity index (χ1n) is 9.57. The van der Waals surface area contributed by atoms with Gasteiger partial charge < -0.3 is 10.6 Å². The zero-order chi connectivity index (χ0) is 22.5. The molecular weight excluding hydrogens is 406 g/mol. The predicted octanol–water partition coefficient (Wildman–Crippen LogP) is 2.29. The van der Waals surface area contributed by atoms with Gasteiger partial charge in [-0.25, -0.2) is 4.39 Å². The lowest BCUT2D eigenvalue weighted by Crippen LogP contribution is -2.59. The first-order chi connectivity index (χ1) is 13.9. The average Bonchev–Trinajstić information content (AvgIpc) is 2.70. The van der Waals surface area contributed by atoms with Crippen LogP contribution in [0.25, 0.3) is 0 Å². The lowest BCUT2D eigenvalue weighted by atomic mass is 9.91. The fourth-order valence-corrected chi connectivity index (χ4v) is 3.29. The number of hydrogen-bond acceptors (Lipinski definition) is 4. The van der Waals surface area contributed by atoms with Crippen LogP contribution in [0.1, 0.15) is 37.0 Å². The molecule has 0 aliphatic carbocycles. The lowest BCUT2D eigenvalue weighted by Gasteiger charge is -2.42. The van der Waals surface area contributed by atoms with Crippen LogP contribution in [0.2, 0.25) is 0 Å². The SMILES string of the molecule is CC(C)(C(=O)NCC(=O)c1ccc(F)cc1)N1CCC[C@H](C(=O)NCC(F)(F)F)C1. The second-order valence-electron chi connectivity index (χ2n) is 7.79. The van der Waals surface area contributed by atoms with Crippen LogP contribution in [0.4, 0.5) is 17.6 Å². The van der Waals surface area contributed by atoms with Crippen molar-refractivity contribution in [3.63, 3.8) is 0 Å². The molecule has 2 amide bonds. The van der Waals surface area contributed by atoms with Gasteiger partial charge in [0.05, 0.1) is 18.0 Å². The Morgan fingerprint density at radius 1 is 1.10 bits per heavy atom. The van der Waals surface area contributed by atoms with Gasteiger partial charge in [0.1, 0.15) is 12.4 Å². The number of benzene rings is 1. The second kappa shape index (κ2) is 9.55. The van der Waals surface area contributed by atoms with Crippen molar-refractivity contribution in [1.82, 2.24) is 15.5 Å². The van der Waals surface area contributed by atoms with Crippen LogP contribution >= 0.6 is 0 Å². The number of likely N-dealkylation sites (tertiary alicyclic amines) is 1. The number of piperidine rings is 1. The number of Topliss-reactive ketones (excluding diaryl/α,β-unsaturated/α-hetero) is 1. The Labute approximate surface area is 172 Å². The maximum Gasteiger partial charge on any atom is 0.405 e. The summed E-state index contributed by atoms with van der Waals surface area (Å²) in [5.74, 6) is -2.67. The monoisotopic (exact) mass is 431 g/mol. The van der Waals surface area contributed by atoms with E-state index in [0.29, 0.717) is 19.4 Å². The van der Waals surface area contributed by atoms with Gasteiger partial charge in [0.25, 0.3) is 0 Å². The van der Waals surface area contributed by atoms with Gasteiger partial charge >= 0.3 is 6.18 Å². The molecule has 0 aromatic heterocycles. The maximum atomic E-state index is 13.0. The molecule has 1 saturated heterocycles.